The largest absolute Gasteiger partial charge is 0.486 e. The van der Waals surface area contributed by atoms with Crippen molar-refractivity contribution in [2.75, 3.05) is 0 Å². The van der Waals surface area contributed by atoms with E-state index in [1.807, 2.05) is 59.9 Å². The molecule has 4 rings (SSSR count). The van der Waals surface area contributed by atoms with E-state index in [1.54, 1.807) is 7.05 Å². The quantitative estimate of drug-likeness (QED) is 0.582. The highest BCUT2D eigenvalue weighted by Crippen LogP contribution is 2.16. The highest BCUT2D eigenvalue weighted by Gasteiger charge is 2.14. The molecule has 0 amide bonds. The number of ether oxygens (including phenoxy) is 1. The second kappa shape index (κ2) is 5.49. The first-order chi connectivity index (χ1) is 11.6. The van der Waals surface area contributed by atoms with E-state index in [2.05, 4.69) is 10.2 Å². The SMILES string of the molecule is Cc1ccc(OCc2nnc3n(C)c(=O)c4ccccc4n23)cc1. The second-order valence-corrected chi connectivity index (χ2v) is 5.73. The molecule has 2 aromatic carbocycles. The summed E-state index contributed by atoms with van der Waals surface area (Å²) in [5.41, 5.74) is 1.87. The number of fused-ring (bicyclic) bond motifs is 3. The van der Waals surface area contributed by atoms with Crippen LogP contribution >= 0.6 is 0 Å². The molecule has 0 fully saturated rings. The van der Waals surface area contributed by atoms with Gasteiger partial charge in [0, 0.05) is 7.05 Å². The van der Waals surface area contributed by atoms with Gasteiger partial charge in [-0.15, -0.1) is 10.2 Å². The van der Waals surface area contributed by atoms with Crippen LogP contribution in [0.5, 0.6) is 5.75 Å². The first kappa shape index (κ1) is 14.4. The van der Waals surface area contributed by atoms with Gasteiger partial charge in [-0.3, -0.25) is 13.8 Å². The smallest absolute Gasteiger partial charge is 0.262 e. The van der Waals surface area contributed by atoms with Crippen molar-refractivity contribution < 1.29 is 4.74 Å². The zero-order chi connectivity index (χ0) is 16.7. The molecule has 24 heavy (non-hydrogen) atoms. The van der Waals surface area contributed by atoms with E-state index in [0.29, 0.717) is 17.0 Å². The molecule has 0 N–H and O–H groups in total. The van der Waals surface area contributed by atoms with Crippen LogP contribution in [0.1, 0.15) is 11.4 Å². The highest BCUT2D eigenvalue weighted by molar-refractivity contribution is 5.80. The van der Waals surface area contributed by atoms with Gasteiger partial charge in [0.05, 0.1) is 10.9 Å². The Morgan fingerprint density at radius 2 is 1.79 bits per heavy atom. The third-order valence-electron chi connectivity index (χ3n) is 4.08. The molecule has 0 aliphatic carbocycles. The predicted molar refractivity (Wildman–Crippen MR) is 91.2 cm³/mol. The van der Waals surface area contributed by atoms with E-state index in [1.165, 1.54) is 10.1 Å². The van der Waals surface area contributed by atoms with Gasteiger partial charge in [0.2, 0.25) is 5.78 Å². The Bertz CT molecular complexity index is 1090. The highest BCUT2D eigenvalue weighted by atomic mass is 16.5. The monoisotopic (exact) mass is 320 g/mol. The molecular weight excluding hydrogens is 304 g/mol. The van der Waals surface area contributed by atoms with Crippen molar-refractivity contribution in [3.05, 3.63) is 70.3 Å². The van der Waals surface area contributed by atoms with Crippen molar-refractivity contribution in [1.82, 2.24) is 19.2 Å². The van der Waals surface area contributed by atoms with Crippen molar-refractivity contribution in [1.29, 1.82) is 0 Å². The van der Waals surface area contributed by atoms with Crippen LogP contribution in [0.2, 0.25) is 0 Å². The number of nitrogens with zero attached hydrogens (tertiary/aromatic N) is 4. The average Bonchev–Trinajstić information content (AvgIpc) is 3.03. The van der Waals surface area contributed by atoms with Crippen molar-refractivity contribution in [3.63, 3.8) is 0 Å². The van der Waals surface area contributed by atoms with E-state index >= 15 is 0 Å². The van der Waals surface area contributed by atoms with Gasteiger partial charge in [-0.1, -0.05) is 29.8 Å². The number of benzene rings is 2. The molecule has 0 aliphatic heterocycles. The molecule has 2 aromatic heterocycles. The van der Waals surface area contributed by atoms with Crippen LogP contribution in [0.15, 0.2) is 53.3 Å². The van der Waals surface area contributed by atoms with Gasteiger partial charge in [-0.25, -0.2) is 0 Å². The Morgan fingerprint density at radius 1 is 1.04 bits per heavy atom. The molecule has 0 saturated carbocycles. The minimum absolute atomic E-state index is 0.0866. The molecule has 0 unspecified atom stereocenters. The third-order valence-corrected chi connectivity index (χ3v) is 4.08. The molecule has 0 bridgehead atoms. The first-order valence-corrected chi connectivity index (χ1v) is 7.66. The summed E-state index contributed by atoms with van der Waals surface area (Å²) in [5, 5.41) is 8.99. The summed E-state index contributed by atoms with van der Waals surface area (Å²) in [7, 11) is 1.70. The van der Waals surface area contributed by atoms with Crippen molar-refractivity contribution in [2.45, 2.75) is 13.5 Å². The lowest BCUT2D eigenvalue weighted by Gasteiger charge is -2.09. The van der Waals surface area contributed by atoms with Crippen LogP contribution in [0.3, 0.4) is 0 Å². The minimum Gasteiger partial charge on any atom is -0.486 e. The average molecular weight is 320 g/mol. The van der Waals surface area contributed by atoms with E-state index in [-0.39, 0.29) is 12.2 Å². The summed E-state index contributed by atoms with van der Waals surface area (Å²) in [4.78, 5) is 12.4. The summed E-state index contributed by atoms with van der Waals surface area (Å²) in [6.45, 7) is 2.30. The second-order valence-electron chi connectivity index (χ2n) is 5.73. The molecule has 4 aromatic rings. The lowest BCUT2D eigenvalue weighted by atomic mass is 10.2. The molecule has 0 spiro atoms. The molecular formula is C18H16N4O2. The number of aromatic nitrogens is 4. The van der Waals surface area contributed by atoms with Gasteiger partial charge in [-0.05, 0) is 31.2 Å². The summed E-state index contributed by atoms with van der Waals surface area (Å²) in [6.07, 6.45) is 0. The van der Waals surface area contributed by atoms with Crippen LogP contribution in [0.25, 0.3) is 16.7 Å². The Hall–Kier alpha value is -3.15. The molecule has 0 atom stereocenters. The van der Waals surface area contributed by atoms with E-state index in [0.717, 1.165) is 11.3 Å². The molecule has 120 valence electrons. The van der Waals surface area contributed by atoms with Gasteiger partial charge in [0.1, 0.15) is 12.4 Å². The molecule has 0 saturated heterocycles. The molecule has 6 heteroatoms. The Morgan fingerprint density at radius 3 is 2.58 bits per heavy atom. The standard InChI is InChI=1S/C18H16N4O2/c1-12-7-9-13(10-8-12)24-11-16-19-20-18-21(2)17(23)14-5-3-4-6-15(14)22(16)18/h3-10H,11H2,1-2H3. The Balaban J connectivity index is 1.82. The van der Waals surface area contributed by atoms with Crippen molar-refractivity contribution >= 4 is 16.7 Å². The number of hydrogen-bond donors (Lipinski definition) is 0. The molecule has 6 nitrogen and oxygen atoms in total. The number of para-hydroxylation sites is 1. The number of aryl methyl sites for hydroxylation is 2. The van der Waals surface area contributed by atoms with E-state index < -0.39 is 0 Å². The molecule has 0 aliphatic rings. The number of hydrogen-bond acceptors (Lipinski definition) is 4. The summed E-state index contributed by atoms with van der Waals surface area (Å²) in [5.74, 6) is 1.92. The van der Waals surface area contributed by atoms with Crippen LogP contribution in [0, 0.1) is 6.92 Å². The van der Waals surface area contributed by atoms with Gasteiger partial charge < -0.3 is 4.74 Å². The zero-order valence-corrected chi connectivity index (χ0v) is 13.4. The van der Waals surface area contributed by atoms with Crippen LogP contribution < -0.4 is 10.3 Å². The van der Waals surface area contributed by atoms with Gasteiger partial charge in [0.25, 0.3) is 5.56 Å². The molecule has 0 radical (unpaired) electrons. The Labute approximate surface area is 137 Å². The summed E-state index contributed by atoms with van der Waals surface area (Å²) in [6, 6.07) is 15.3. The summed E-state index contributed by atoms with van der Waals surface area (Å²) < 4.78 is 9.19. The normalized spacial score (nSPS) is 11.2. The maximum absolute atomic E-state index is 12.4. The predicted octanol–water partition coefficient (Wildman–Crippen LogP) is 2.47. The van der Waals surface area contributed by atoms with E-state index in [9.17, 15) is 4.79 Å². The number of rotatable bonds is 3. The topological polar surface area (TPSA) is 61.4 Å². The lowest BCUT2D eigenvalue weighted by molar-refractivity contribution is 0.295. The van der Waals surface area contributed by atoms with Gasteiger partial charge >= 0.3 is 0 Å². The van der Waals surface area contributed by atoms with Crippen molar-refractivity contribution in [2.24, 2.45) is 7.05 Å². The maximum atomic E-state index is 12.4. The van der Waals surface area contributed by atoms with E-state index in [4.69, 9.17) is 4.74 Å². The fraction of sp³-hybridized carbons (Fsp3) is 0.167. The van der Waals surface area contributed by atoms with Gasteiger partial charge in [-0.2, -0.15) is 0 Å². The minimum atomic E-state index is -0.0866. The van der Waals surface area contributed by atoms with Crippen molar-refractivity contribution in [3.8, 4) is 5.75 Å². The first-order valence-electron chi connectivity index (χ1n) is 7.66. The van der Waals surface area contributed by atoms with Gasteiger partial charge in [0.15, 0.2) is 5.82 Å². The van der Waals surface area contributed by atoms with Crippen LogP contribution in [-0.2, 0) is 13.7 Å². The fourth-order valence-corrected chi connectivity index (χ4v) is 2.77. The zero-order valence-electron chi connectivity index (χ0n) is 13.4. The third kappa shape index (κ3) is 2.23. The van der Waals surface area contributed by atoms with Crippen LogP contribution in [0.4, 0.5) is 0 Å². The summed E-state index contributed by atoms with van der Waals surface area (Å²) >= 11 is 0. The fourth-order valence-electron chi connectivity index (χ4n) is 2.77. The van der Waals surface area contributed by atoms with Crippen LogP contribution in [-0.4, -0.2) is 19.2 Å². The maximum Gasteiger partial charge on any atom is 0.262 e. The lowest BCUT2D eigenvalue weighted by Crippen LogP contribution is -2.20. The molecule has 2 heterocycles. The Kier molecular flexibility index (Phi) is 3.30.